The average molecular weight is 263 g/mol. The maximum absolute atomic E-state index is 9.74. The lowest BCUT2D eigenvalue weighted by atomic mass is 10.0. The van der Waals surface area contributed by atoms with Crippen molar-refractivity contribution in [2.75, 3.05) is 32.1 Å². The maximum atomic E-state index is 9.74. The minimum Gasteiger partial charge on any atom is -0.387 e. The van der Waals surface area contributed by atoms with Gasteiger partial charge in [0.1, 0.15) is 0 Å². The number of aromatic nitrogens is 1. The number of pyridine rings is 1. The van der Waals surface area contributed by atoms with E-state index in [0.29, 0.717) is 12.5 Å². The van der Waals surface area contributed by atoms with Gasteiger partial charge >= 0.3 is 0 Å². The highest BCUT2D eigenvalue weighted by Gasteiger charge is 2.21. The van der Waals surface area contributed by atoms with Crippen LogP contribution < -0.4 is 4.90 Å². The number of aliphatic hydroxyl groups is 1. The van der Waals surface area contributed by atoms with Gasteiger partial charge < -0.3 is 14.9 Å². The van der Waals surface area contributed by atoms with Crippen LogP contribution in [0.25, 0.3) is 0 Å². The van der Waals surface area contributed by atoms with Gasteiger partial charge in [-0.3, -0.25) is 4.98 Å². The van der Waals surface area contributed by atoms with Gasteiger partial charge in [-0.1, -0.05) is 6.92 Å². The largest absolute Gasteiger partial charge is 0.387 e. The van der Waals surface area contributed by atoms with E-state index in [1.54, 1.807) is 0 Å². The van der Waals surface area contributed by atoms with E-state index < -0.39 is 6.10 Å². The Morgan fingerprint density at radius 2 is 2.05 bits per heavy atom. The second-order valence-corrected chi connectivity index (χ2v) is 5.55. The molecule has 4 nitrogen and oxygen atoms in total. The molecule has 2 rings (SSSR count). The number of piperidine rings is 1. The van der Waals surface area contributed by atoms with E-state index in [-0.39, 0.29) is 0 Å². The Bertz CT molecular complexity index is 383. The Kier molecular flexibility index (Phi) is 4.77. The van der Waals surface area contributed by atoms with E-state index in [9.17, 15) is 5.11 Å². The molecule has 4 heteroatoms. The normalized spacial score (nSPS) is 18.9. The minimum atomic E-state index is -0.437. The van der Waals surface area contributed by atoms with Crippen molar-refractivity contribution in [3.63, 3.8) is 0 Å². The highest BCUT2D eigenvalue weighted by atomic mass is 16.3. The molecule has 2 heterocycles. The summed E-state index contributed by atoms with van der Waals surface area (Å²) in [6.07, 6.45) is 4.57. The van der Waals surface area contributed by atoms with Crippen LogP contribution in [-0.2, 0) is 0 Å². The van der Waals surface area contributed by atoms with Gasteiger partial charge in [-0.15, -0.1) is 0 Å². The molecule has 0 bridgehead atoms. The lowest BCUT2D eigenvalue weighted by Gasteiger charge is -2.36. The molecule has 0 amide bonds. The molecular weight excluding hydrogens is 238 g/mol. The third kappa shape index (κ3) is 3.45. The monoisotopic (exact) mass is 263 g/mol. The molecule has 1 aliphatic heterocycles. The summed E-state index contributed by atoms with van der Waals surface area (Å²) in [7, 11) is 4.31. The molecule has 1 atom stereocenters. The van der Waals surface area contributed by atoms with Crippen LogP contribution in [0.5, 0.6) is 0 Å². The summed E-state index contributed by atoms with van der Waals surface area (Å²) < 4.78 is 0. The van der Waals surface area contributed by atoms with Gasteiger partial charge in [0.05, 0.1) is 23.7 Å². The van der Waals surface area contributed by atoms with Crippen LogP contribution >= 0.6 is 0 Å². The number of aliphatic hydroxyl groups excluding tert-OH is 1. The second-order valence-electron chi connectivity index (χ2n) is 5.55. The molecule has 1 unspecified atom stereocenters. The molecule has 0 radical (unpaired) electrons. The first-order valence-electron chi connectivity index (χ1n) is 7.17. The van der Waals surface area contributed by atoms with Crippen molar-refractivity contribution in [2.24, 2.45) is 0 Å². The van der Waals surface area contributed by atoms with Crippen molar-refractivity contribution in [1.29, 1.82) is 0 Å². The molecule has 1 aliphatic rings. The number of rotatable bonds is 4. The van der Waals surface area contributed by atoms with Crippen molar-refractivity contribution in [3.8, 4) is 0 Å². The van der Waals surface area contributed by atoms with Crippen LogP contribution in [0.15, 0.2) is 18.3 Å². The summed E-state index contributed by atoms with van der Waals surface area (Å²) in [5, 5.41) is 9.74. The molecule has 106 valence electrons. The molecule has 1 fully saturated rings. The van der Waals surface area contributed by atoms with Crippen molar-refractivity contribution >= 4 is 5.69 Å². The van der Waals surface area contributed by atoms with Gasteiger partial charge in [-0.25, -0.2) is 0 Å². The summed E-state index contributed by atoms with van der Waals surface area (Å²) in [5.74, 6) is 0. The molecule has 1 aromatic heterocycles. The lowest BCUT2D eigenvalue weighted by molar-refractivity contribution is 0.169. The second kappa shape index (κ2) is 6.35. The van der Waals surface area contributed by atoms with Gasteiger partial charge in [-0.05, 0) is 45.5 Å². The topological polar surface area (TPSA) is 39.6 Å². The lowest BCUT2D eigenvalue weighted by Crippen LogP contribution is -2.42. The van der Waals surface area contributed by atoms with Crippen molar-refractivity contribution in [2.45, 2.75) is 38.3 Å². The molecule has 0 spiro atoms. The van der Waals surface area contributed by atoms with E-state index in [0.717, 1.165) is 18.8 Å². The Labute approximate surface area is 116 Å². The van der Waals surface area contributed by atoms with Crippen LogP contribution in [-0.4, -0.2) is 48.2 Å². The summed E-state index contributed by atoms with van der Waals surface area (Å²) in [6.45, 7) is 4.13. The Morgan fingerprint density at radius 1 is 1.37 bits per heavy atom. The van der Waals surface area contributed by atoms with Gasteiger partial charge in [0, 0.05) is 19.1 Å². The van der Waals surface area contributed by atoms with Crippen LogP contribution in [0.4, 0.5) is 5.69 Å². The van der Waals surface area contributed by atoms with Gasteiger partial charge in [0.15, 0.2) is 0 Å². The van der Waals surface area contributed by atoms with Crippen LogP contribution in [0.1, 0.15) is 38.0 Å². The number of nitrogens with zero attached hydrogens (tertiary/aromatic N) is 3. The van der Waals surface area contributed by atoms with Gasteiger partial charge in [0.2, 0.25) is 0 Å². The highest BCUT2D eigenvalue weighted by Crippen LogP contribution is 2.22. The molecule has 1 saturated heterocycles. The van der Waals surface area contributed by atoms with E-state index in [4.69, 9.17) is 0 Å². The van der Waals surface area contributed by atoms with Crippen molar-refractivity contribution < 1.29 is 5.11 Å². The molecule has 19 heavy (non-hydrogen) atoms. The fraction of sp³-hybridized carbons (Fsp3) is 0.667. The summed E-state index contributed by atoms with van der Waals surface area (Å²) in [6, 6.07) is 4.73. The van der Waals surface area contributed by atoms with E-state index in [1.165, 1.54) is 18.5 Å². The first-order chi connectivity index (χ1) is 9.11. The Balaban J connectivity index is 1.96. The maximum Gasteiger partial charge on any atom is 0.0957 e. The average Bonchev–Trinajstić information content (AvgIpc) is 2.46. The predicted octanol–water partition coefficient (Wildman–Crippen LogP) is 2.06. The van der Waals surface area contributed by atoms with E-state index >= 15 is 0 Å². The molecule has 1 N–H and O–H groups in total. The molecule has 0 aliphatic carbocycles. The molecular formula is C15H25N3O. The van der Waals surface area contributed by atoms with Gasteiger partial charge in [-0.2, -0.15) is 0 Å². The first-order valence-corrected chi connectivity index (χ1v) is 7.17. The van der Waals surface area contributed by atoms with E-state index in [1.807, 2.05) is 19.2 Å². The highest BCUT2D eigenvalue weighted by molar-refractivity contribution is 5.45. The standard InChI is InChI=1S/C15H25N3O/c1-4-15(19)14-6-5-13(11-16-14)18-9-7-12(8-10-18)17(2)3/h5-6,11-12,15,19H,4,7-10H2,1-3H3. The number of hydrogen-bond acceptors (Lipinski definition) is 4. The van der Waals surface area contributed by atoms with Crippen LogP contribution in [0, 0.1) is 0 Å². The summed E-state index contributed by atoms with van der Waals surface area (Å²) >= 11 is 0. The minimum absolute atomic E-state index is 0.437. The third-order valence-corrected chi connectivity index (χ3v) is 4.06. The SMILES string of the molecule is CCC(O)c1ccc(N2CCC(N(C)C)CC2)cn1. The van der Waals surface area contributed by atoms with E-state index in [2.05, 4.69) is 34.9 Å². The van der Waals surface area contributed by atoms with Crippen molar-refractivity contribution in [3.05, 3.63) is 24.0 Å². The van der Waals surface area contributed by atoms with Crippen molar-refractivity contribution in [1.82, 2.24) is 9.88 Å². The zero-order valence-electron chi connectivity index (χ0n) is 12.2. The molecule has 1 aromatic rings. The quantitative estimate of drug-likeness (QED) is 0.902. The zero-order valence-corrected chi connectivity index (χ0v) is 12.2. The fourth-order valence-electron chi connectivity index (χ4n) is 2.63. The third-order valence-electron chi connectivity index (χ3n) is 4.06. The molecule has 0 aromatic carbocycles. The number of hydrogen-bond donors (Lipinski definition) is 1. The first kappa shape index (κ1) is 14.3. The summed E-state index contributed by atoms with van der Waals surface area (Å²) in [5.41, 5.74) is 1.94. The Morgan fingerprint density at radius 3 is 2.53 bits per heavy atom. The predicted molar refractivity (Wildman–Crippen MR) is 78.4 cm³/mol. The van der Waals surface area contributed by atoms with Gasteiger partial charge in [0.25, 0.3) is 0 Å². The fourth-order valence-corrected chi connectivity index (χ4v) is 2.63. The zero-order chi connectivity index (χ0) is 13.8. The van der Waals surface area contributed by atoms with Crippen LogP contribution in [0.3, 0.4) is 0 Å². The van der Waals surface area contributed by atoms with Crippen LogP contribution in [0.2, 0.25) is 0 Å². The summed E-state index contributed by atoms with van der Waals surface area (Å²) in [4.78, 5) is 9.08. The number of anilines is 1. The Hall–Kier alpha value is -1.13. The smallest absolute Gasteiger partial charge is 0.0957 e. The molecule has 0 saturated carbocycles.